The van der Waals surface area contributed by atoms with Crippen molar-refractivity contribution >= 4 is 0 Å². The fourth-order valence-electron chi connectivity index (χ4n) is 7.52. The van der Waals surface area contributed by atoms with Crippen LogP contribution in [0.4, 0.5) is 0 Å². The van der Waals surface area contributed by atoms with Crippen LogP contribution in [0.25, 0.3) is 0 Å². The molecule has 0 aliphatic carbocycles. The molecule has 50 heavy (non-hydrogen) atoms. The van der Waals surface area contributed by atoms with E-state index in [1.54, 1.807) is 30.3 Å². The minimum Gasteiger partial charge on any atom is -0.394 e. The monoisotopic (exact) mass is 720 g/mol. The van der Waals surface area contributed by atoms with Crippen LogP contribution >= 0.6 is 0 Å². The topological polar surface area (TPSA) is 285 Å². The van der Waals surface area contributed by atoms with Gasteiger partial charge in [0.15, 0.2) is 18.9 Å². The zero-order valence-electron chi connectivity index (χ0n) is 26.5. The second-order valence-corrected chi connectivity index (χ2v) is 13.4. The van der Waals surface area contributed by atoms with Crippen LogP contribution in [-0.2, 0) is 49.1 Å². The van der Waals surface area contributed by atoms with E-state index in [2.05, 4.69) is 0 Å². The van der Waals surface area contributed by atoms with Crippen molar-refractivity contribution in [3.63, 3.8) is 0 Å². The first-order chi connectivity index (χ1) is 24.0. The normalized spacial score (nSPS) is 51.9. The average Bonchev–Trinajstić information content (AvgIpc) is 3.59. The van der Waals surface area contributed by atoms with Gasteiger partial charge >= 0.3 is 0 Å². The smallest absolute Gasteiger partial charge is 0.202 e. The van der Waals surface area contributed by atoms with Crippen molar-refractivity contribution in [3.05, 3.63) is 35.9 Å². The van der Waals surface area contributed by atoms with E-state index < -0.39 is 136 Å². The Morgan fingerprint density at radius 3 is 1.92 bits per heavy atom. The average molecular weight is 721 g/mol. The summed E-state index contributed by atoms with van der Waals surface area (Å²) in [6.45, 7) is -1.60. The molecule has 19 nitrogen and oxygen atoms in total. The van der Waals surface area contributed by atoms with Gasteiger partial charge < -0.3 is 93.7 Å². The minimum atomic E-state index is -2.05. The molecule has 6 aliphatic rings. The lowest BCUT2D eigenvalue weighted by Crippen LogP contribution is -2.69. The predicted octanol–water partition coefficient (Wildman–Crippen LogP) is -6.04. The standard InChI is InChI=1S/C31H44O19/c32-7-12-17(35)24(20(38)29(45-12)47-22-14-9-42-25(22)19(37)28(41)44-14)48-30-21(39)26-23(15(46-30)10-43-26)50-31(6-11-4-2-1-3-5-11)27(40)18(36)16(34)13(8-33)49-31/h1-5,12-30,32-41H,6-10H2/t12-,13-,14+,15+,16+,17-,18+,19+,20-,21+,22+,23+,24+,25+,26+,27-,28-,29+,30+,31+/m1/s1. The van der Waals surface area contributed by atoms with Crippen molar-refractivity contribution in [1.82, 2.24) is 0 Å². The highest BCUT2D eigenvalue weighted by atomic mass is 16.8. The molecule has 6 heterocycles. The molecule has 20 atom stereocenters. The van der Waals surface area contributed by atoms with Gasteiger partial charge in [0.05, 0.1) is 26.4 Å². The van der Waals surface area contributed by atoms with Gasteiger partial charge in [-0.3, -0.25) is 0 Å². The van der Waals surface area contributed by atoms with Gasteiger partial charge in [0, 0.05) is 6.42 Å². The van der Waals surface area contributed by atoms with Crippen LogP contribution in [0.3, 0.4) is 0 Å². The lowest BCUT2D eigenvalue weighted by atomic mass is 9.88. The molecule has 7 rings (SSSR count). The van der Waals surface area contributed by atoms with Gasteiger partial charge in [-0.05, 0) is 5.56 Å². The molecule has 10 N–H and O–H groups in total. The van der Waals surface area contributed by atoms with E-state index in [4.69, 9.17) is 42.6 Å². The van der Waals surface area contributed by atoms with Crippen molar-refractivity contribution in [2.75, 3.05) is 26.4 Å². The summed E-state index contributed by atoms with van der Waals surface area (Å²) in [6.07, 6.45) is -27.0. The predicted molar refractivity (Wildman–Crippen MR) is 156 cm³/mol. The number of aliphatic hydroxyl groups is 10. The summed E-state index contributed by atoms with van der Waals surface area (Å²) in [6, 6.07) is 8.69. The van der Waals surface area contributed by atoms with Crippen LogP contribution in [0, 0.1) is 0 Å². The molecule has 282 valence electrons. The van der Waals surface area contributed by atoms with Crippen LogP contribution in [-0.4, -0.2) is 200 Å². The summed E-state index contributed by atoms with van der Waals surface area (Å²) >= 11 is 0. The molecule has 0 aromatic heterocycles. The van der Waals surface area contributed by atoms with E-state index in [0.29, 0.717) is 5.56 Å². The summed E-state index contributed by atoms with van der Waals surface area (Å²) in [4.78, 5) is 0. The highest BCUT2D eigenvalue weighted by Gasteiger charge is 2.62. The van der Waals surface area contributed by atoms with E-state index in [-0.39, 0.29) is 19.6 Å². The number of benzene rings is 1. The van der Waals surface area contributed by atoms with Crippen molar-refractivity contribution in [2.24, 2.45) is 0 Å². The molecular weight excluding hydrogens is 676 g/mol. The highest BCUT2D eigenvalue weighted by molar-refractivity contribution is 5.18. The van der Waals surface area contributed by atoms with Gasteiger partial charge in [-0.2, -0.15) is 0 Å². The third kappa shape index (κ3) is 6.51. The molecule has 19 heteroatoms. The van der Waals surface area contributed by atoms with Crippen LogP contribution in [0.1, 0.15) is 5.56 Å². The van der Waals surface area contributed by atoms with Gasteiger partial charge in [0.25, 0.3) is 0 Å². The second-order valence-electron chi connectivity index (χ2n) is 13.4. The van der Waals surface area contributed by atoms with Gasteiger partial charge in [0.2, 0.25) is 5.79 Å². The number of ether oxygens (including phenoxy) is 9. The first-order valence-electron chi connectivity index (χ1n) is 16.5. The molecule has 1 aromatic carbocycles. The SMILES string of the molecule is OC[C@H]1O[C@@](Cc2ccccc2)(O[C@@H]2[C@H]3OC[C@@H]2O[C@@H](O[C@@H]2[C@@H](O)[C@H](O[C@@H]4[C@H]5OC[C@@H]4O[C@@H](O)[C@H]5O)O[C@H](CO)[C@H]2O)[C@H]3O)[C@H](O)[C@@H](O)[C@H]1O. The summed E-state index contributed by atoms with van der Waals surface area (Å²) in [7, 11) is 0. The summed E-state index contributed by atoms with van der Waals surface area (Å²) < 4.78 is 52.4. The lowest BCUT2D eigenvalue weighted by molar-refractivity contribution is -0.398. The molecule has 4 bridgehead atoms. The fourth-order valence-corrected chi connectivity index (χ4v) is 7.52. The van der Waals surface area contributed by atoms with Crippen molar-refractivity contribution in [1.29, 1.82) is 0 Å². The van der Waals surface area contributed by atoms with Crippen LogP contribution < -0.4 is 0 Å². The Morgan fingerprint density at radius 1 is 0.620 bits per heavy atom. The Bertz CT molecular complexity index is 1280. The fraction of sp³-hybridized carbons (Fsp3) is 0.806. The largest absolute Gasteiger partial charge is 0.394 e. The molecule has 6 fully saturated rings. The van der Waals surface area contributed by atoms with Gasteiger partial charge in [-0.25, -0.2) is 0 Å². The Hall–Kier alpha value is -1.54. The Balaban J connectivity index is 1.08. The van der Waals surface area contributed by atoms with Crippen LogP contribution in [0.2, 0.25) is 0 Å². The maximum Gasteiger partial charge on any atom is 0.202 e. The first kappa shape index (κ1) is 36.8. The maximum absolute atomic E-state index is 11.4. The van der Waals surface area contributed by atoms with E-state index in [1.807, 2.05) is 0 Å². The summed E-state index contributed by atoms with van der Waals surface area (Å²) in [5.41, 5.74) is 0.612. The molecule has 0 radical (unpaired) electrons. The molecule has 0 spiro atoms. The first-order valence-corrected chi connectivity index (χ1v) is 16.5. The van der Waals surface area contributed by atoms with Crippen molar-refractivity contribution in [2.45, 2.75) is 129 Å². The quantitative estimate of drug-likeness (QED) is 0.108. The number of rotatable bonds is 10. The Kier molecular flexibility index (Phi) is 10.8. The van der Waals surface area contributed by atoms with Gasteiger partial charge in [-0.15, -0.1) is 0 Å². The van der Waals surface area contributed by atoms with Gasteiger partial charge in [0.1, 0.15) is 97.7 Å². The number of hydrogen-bond donors (Lipinski definition) is 10. The van der Waals surface area contributed by atoms with Crippen LogP contribution in [0.15, 0.2) is 30.3 Å². The Morgan fingerprint density at radius 2 is 1.24 bits per heavy atom. The molecule has 0 amide bonds. The molecule has 0 saturated carbocycles. The third-order valence-corrected chi connectivity index (χ3v) is 10.2. The maximum atomic E-state index is 11.4. The van der Waals surface area contributed by atoms with E-state index >= 15 is 0 Å². The van der Waals surface area contributed by atoms with Crippen molar-refractivity contribution in [3.8, 4) is 0 Å². The minimum absolute atomic E-state index is 0.0265. The second kappa shape index (κ2) is 14.7. The van der Waals surface area contributed by atoms with E-state index in [0.717, 1.165) is 0 Å². The molecule has 6 saturated heterocycles. The van der Waals surface area contributed by atoms with Crippen LogP contribution in [0.5, 0.6) is 0 Å². The number of hydrogen-bond acceptors (Lipinski definition) is 19. The molecule has 1 aromatic rings. The van der Waals surface area contributed by atoms with E-state index in [9.17, 15) is 51.1 Å². The zero-order chi connectivity index (χ0) is 35.5. The molecule has 0 unspecified atom stereocenters. The summed E-state index contributed by atoms with van der Waals surface area (Å²) in [5, 5.41) is 106. The van der Waals surface area contributed by atoms with Crippen molar-refractivity contribution < 1.29 is 93.7 Å². The van der Waals surface area contributed by atoms with Gasteiger partial charge in [-0.1, -0.05) is 30.3 Å². The lowest BCUT2D eigenvalue weighted by Gasteiger charge is -2.51. The molecular formula is C31H44O19. The van der Waals surface area contributed by atoms with E-state index in [1.165, 1.54) is 0 Å². The highest BCUT2D eigenvalue weighted by Crippen LogP contribution is 2.42. The number of aliphatic hydroxyl groups excluding tert-OH is 10. The summed E-state index contributed by atoms with van der Waals surface area (Å²) in [5.74, 6) is -2.05. The third-order valence-electron chi connectivity index (χ3n) is 10.2. The number of fused-ring (bicyclic) bond motifs is 4. The Labute approximate surface area is 284 Å². The zero-order valence-corrected chi connectivity index (χ0v) is 26.5. The molecule has 6 aliphatic heterocycles.